The van der Waals surface area contributed by atoms with Crippen LogP contribution < -0.4 is 5.32 Å². The number of rotatable bonds is 4. The molecule has 0 aromatic carbocycles. The Morgan fingerprint density at radius 3 is 2.81 bits per heavy atom. The summed E-state index contributed by atoms with van der Waals surface area (Å²) in [5.41, 5.74) is 0.923. The predicted molar refractivity (Wildman–Crippen MR) is 90.9 cm³/mol. The van der Waals surface area contributed by atoms with Crippen molar-refractivity contribution in [1.82, 2.24) is 9.78 Å². The highest BCUT2D eigenvalue weighted by Crippen LogP contribution is 2.37. The van der Waals surface area contributed by atoms with E-state index in [1.54, 1.807) is 0 Å². The minimum atomic E-state index is -4.50. The molecule has 0 saturated heterocycles. The van der Waals surface area contributed by atoms with E-state index in [1.165, 1.54) is 22.9 Å². The van der Waals surface area contributed by atoms with E-state index in [4.69, 9.17) is 0 Å². The number of hydrogen-bond donors (Lipinski definition) is 1. The van der Waals surface area contributed by atoms with Crippen LogP contribution in [-0.2, 0) is 30.4 Å². The fourth-order valence-corrected chi connectivity index (χ4v) is 4.30. The molecule has 0 bridgehead atoms. The Hall–Kier alpha value is -2.34. The third-order valence-corrected chi connectivity index (χ3v) is 5.57. The molecular weight excluding hydrogens is 365 g/mol. The summed E-state index contributed by atoms with van der Waals surface area (Å²) in [6.45, 7) is 1.56. The van der Waals surface area contributed by atoms with Crippen molar-refractivity contribution in [3.8, 4) is 6.07 Å². The molecule has 0 fully saturated rings. The van der Waals surface area contributed by atoms with E-state index in [-0.39, 0.29) is 18.9 Å². The van der Waals surface area contributed by atoms with Crippen molar-refractivity contribution >= 4 is 22.2 Å². The van der Waals surface area contributed by atoms with Crippen molar-refractivity contribution in [3.05, 3.63) is 33.5 Å². The smallest absolute Gasteiger partial charge is 0.317 e. The monoisotopic (exact) mass is 382 g/mol. The summed E-state index contributed by atoms with van der Waals surface area (Å²) in [6, 6.07) is 3.12. The Morgan fingerprint density at radius 1 is 1.42 bits per heavy atom. The zero-order chi connectivity index (χ0) is 18.9. The summed E-state index contributed by atoms with van der Waals surface area (Å²) in [5.74, 6) is -0.344. The first-order chi connectivity index (χ1) is 12.3. The number of nitrogens with zero attached hydrogens (tertiary/aromatic N) is 3. The fourth-order valence-electron chi connectivity index (χ4n) is 3.04. The summed E-state index contributed by atoms with van der Waals surface area (Å²) >= 11 is 1.42. The molecule has 0 aliphatic heterocycles. The lowest BCUT2D eigenvalue weighted by molar-refractivity contribution is -0.141. The Balaban J connectivity index is 1.66. The fraction of sp³-hybridized carbons (Fsp3) is 0.471. The van der Waals surface area contributed by atoms with Gasteiger partial charge in [0, 0.05) is 23.5 Å². The first kappa shape index (κ1) is 18.5. The maximum absolute atomic E-state index is 12.7. The van der Waals surface area contributed by atoms with Crippen LogP contribution in [0.15, 0.2) is 6.07 Å². The minimum absolute atomic E-state index is 0.0206. The van der Waals surface area contributed by atoms with Crippen LogP contribution in [0.3, 0.4) is 0 Å². The Labute approximate surface area is 152 Å². The molecule has 5 nitrogen and oxygen atoms in total. The SMILES string of the molecule is Cc1cc(C(F)(F)F)nn1CCC(=O)Nc1sc2c(c1C#N)CCCC2. The van der Waals surface area contributed by atoms with Crippen molar-refractivity contribution in [1.29, 1.82) is 5.26 Å². The van der Waals surface area contributed by atoms with E-state index < -0.39 is 11.9 Å². The van der Waals surface area contributed by atoms with Gasteiger partial charge in [-0.1, -0.05) is 0 Å². The molecule has 0 radical (unpaired) electrons. The number of hydrogen-bond acceptors (Lipinski definition) is 4. The second-order valence-corrected chi connectivity index (χ2v) is 7.32. The molecule has 1 aliphatic carbocycles. The zero-order valence-corrected chi connectivity index (χ0v) is 14.9. The van der Waals surface area contributed by atoms with Crippen molar-refractivity contribution in [2.75, 3.05) is 5.32 Å². The number of fused-ring (bicyclic) bond motifs is 1. The Morgan fingerprint density at radius 2 is 2.15 bits per heavy atom. The van der Waals surface area contributed by atoms with Gasteiger partial charge in [-0.2, -0.15) is 23.5 Å². The average molecular weight is 382 g/mol. The molecule has 0 unspecified atom stereocenters. The molecule has 1 aliphatic rings. The topological polar surface area (TPSA) is 70.7 Å². The number of aryl methyl sites for hydroxylation is 3. The molecule has 0 atom stereocenters. The van der Waals surface area contributed by atoms with Gasteiger partial charge >= 0.3 is 6.18 Å². The molecule has 2 aromatic rings. The number of nitrogens with one attached hydrogen (secondary N) is 1. The molecule has 1 N–H and O–H groups in total. The lowest BCUT2D eigenvalue weighted by Gasteiger charge is -2.09. The molecule has 2 aromatic heterocycles. The van der Waals surface area contributed by atoms with Crippen LogP contribution in [0.2, 0.25) is 0 Å². The second kappa shape index (κ2) is 7.11. The number of halogens is 3. The lowest BCUT2D eigenvalue weighted by Crippen LogP contribution is -2.16. The van der Waals surface area contributed by atoms with Crippen molar-refractivity contribution in [3.63, 3.8) is 0 Å². The molecule has 26 heavy (non-hydrogen) atoms. The van der Waals surface area contributed by atoms with Gasteiger partial charge in [0.15, 0.2) is 5.69 Å². The van der Waals surface area contributed by atoms with Crippen LogP contribution in [0.4, 0.5) is 18.2 Å². The zero-order valence-electron chi connectivity index (χ0n) is 14.1. The van der Waals surface area contributed by atoms with Gasteiger partial charge in [0.2, 0.25) is 5.91 Å². The number of carbonyl (C=O) groups excluding carboxylic acids is 1. The highest BCUT2D eigenvalue weighted by Gasteiger charge is 2.34. The number of carbonyl (C=O) groups is 1. The summed E-state index contributed by atoms with van der Waals surface area (Å²) in [7, 11) is 0. The standard InChI is InChI=1S/C17H17F3N4OS/c1-10-8-14(17(18,19)20)23-24(10)7-6-15(25)22-16-12(9-21)11-4-2-3-5-13(11)26-16/h8H,2-7H2,1H3,(H,22,25). The van der Waals surface area contributed by atoms with Crippen LogP contribution in [0, 0.1) is 18.3 Å². The Bertz CT molecular complexity index is 876. The number of thiophene rings is 1. The highest BCUT2D eigenvalue weighted by molar-refractivity contribution is 7.16. The summed E-state index contributed by atoms with van der Waals surface area (Å²) in [5, 5.41) is 16.2. The summed E-state index contributed by atoms with van der Waals surface area (Å²) in [6.07, 6.45) is -0.657. The lowest BCUT2D eigenvalue weighted by atomic mass is 9.96. The normalized spacial score (nSPS) is 14.0. The van der Waals surface area contributed by atoms with Crippen LogP contribution in [0.1, 0.15) is 46.7 Å². The number of nitriles is 1. The second-order valence-electron chi connectivity index (χ2n) is 6.22. The van der Waals surface area contributed by atoms with Crippen LogP contribution >= 0.6 is 11.3 Å². The number of amides is 1. The van der Waals surface area contributed by atoms with Crippen LogP contribution in [0.5, 0.6) is 0 Å². The van der Waals surface area contributed by atoms with Crippen molar-refractivity contribution in [2.45, 2.75) is 51.7 Å². The molecule has 1 amide bonds. The van der Waals surface area contributed by atoms with Crippen molar-refractivity contribution in [2.24, 2.45) is 0 Å². The molecule has 9 heteroatoms. The first-order valence-electron chi connectivity index (χ1n) is 8.25. The minimum Gasteiger partial charge on any atom is -0.317 e. The van der Waals surface area contributed by atoms with Gasteiger partial charge in [0.1, 0.15) is 11.1 Å². The predicted octanol–water partition coefficient (Wildman–Crippen LogP) is 4.05. The molecule has 0 spiro atoms. The van der Waals surface area contributed by atoms with E-state index in [9.17, 15) is 23.2 Å². The molecule has 138 valence electrons. The number of aromatic nitrogens is 2. The van der Waals surface area contributed by atoms with E-state index in [2.05, 4.69) is 16.5 Å². The molecule has 2 heterocycles. The van der Waals surface area contributed by atoms with E-state index in [0.29, 0.717) is 16.3 Å². The van der Waals surface area contributed by atoms with Crippen molar-refractivity contribution < 1.29 is 18.0 Å². The summed E-state index contributed by atoms with van der Waals surface area (Å²) in [4.78, 5) is 13.3. The van der Waals surface area contributed by atoms with E-state index in [1.807, 2.05) is 0 Å². The van der Waals surface area contributed by atoms with Gasteiger partial charge in [-0.05, 0) is 44.2 Å². The third-order valence-electron chi connectivity index (χ3n) is 4.36. The van der Waals surface area contributed by atoms with Gasteiger partial charge in [0.25, 0.3) is 0 Å². The maximum atomic E-state index is 12.7. The molecule has 0 saturated carbocycles. The highest BCUT2D eigenvalue weighted by atomic mass is 32.1. The molecule has 3 rings (SSSR count). The van der Waals surface area contributed by atoms with Gasteiger partial charge in [-0.25, -0.2) is 0 Å². The van der Waals surface area contributed by atoms with E-state index >= 15 is 0 Å². The van der Waals surface area contributed by atoms with Gasteiger partial charge < -0.3 is 5.32 Å². The largest absolute Gasteiger partial charge is 0.435 e. The van der Waals surface area contributed by atoms with Gasteiger partial charge in [0.05, 0.1) is 5.56 Å². The number of anilines is 1. The maximum Gasteiger partial charge on any atom is 0.435 e. The third kappa shape index (κ3) is 3.75. The Kier molecular flexibility index (Phi) is 5.05. The van der Waals surface area contributed by atoms with Crippen LogP contribution in [-0.4, -0.2) is 15.7 Å². The summed E-state index contributed by atoms with van der Waals surface area (Å²) < 4.78 is 39.2. The number of alkyl halides is 3. The van der Waals surface area contributed by atoms with E-state index in [0.717, 1.165) is 42.2 Å². The average Bonchev–Trinajstić information content (AvgIpc) is 3.12. The van der Waals surface area contributed by atoms with Crippen LogP contribution in [0.25, 0.3) is 0 Å². The van der Waals surface area contributed by atoms with Gasteiger partial charge in [-0.3, -0.25) is 9.48 Å². The van der Waals surface area contributed by atoms with Gasteiger partial charge in [-0.15, -0.1) is 11.3 Å². The first-order valence-corrected chi connectivity index (χ1v) is 9.07. The molecular formula is C17H17F3N4OS. The quantitative estimate of drug-likeness (QED) is 0.867.